The standard InChI is InChI=1S/C13H14FN3O/c1-15-13(11-8-16-5-6-17-11)9-3-4-10(14)12(7-9)18-2/h3-8,13,15H,1-2H3. The molecule has 1 N–H and O–H groups in total. The molecule has 0 aliphatic heterocycles. The average molecular weight is 247 g/mol. The van der Waals surface area contributed by atoms with Crippen molar-refractivity contribution in [3.05, 3.63) is 53.9 Å². The fourth-order valence-electron chi connectivity index (χ4n) is 1.80. The maximum Gasteiger partial charge on any atom is 0.165 e. The van der Waals surface area contributed by atoms with Gasteiger partial charge in [0.05, 0.1) is 25.0 Å². The van der Waals surface area contributed by atoms with E-state index in [1.165, 1.54) is 13.2 Å². The van der Waals surface area contributed by atoms with Gasteiger partial charge in [-0.25, -0.2) is 4.39 Å². The third-order valence-electron chi connectivity index (χ3n) is 2.68. The van der Waals surface area contributed by atoms with Crippen molar-refractivity contribution in [2.45, 2.75) is 6.04 Å². The Bertz CT molecular complexity index is 519. The molecule has 0 amide bonds. The summed E-state index contributed by atoms with van der Waals surface area (Å²) in [5, 5.41) is 3.12. The Morgan fingerprint density at radius 3 is 2.78 bits per heavy atom. The molecule has 0 bridgehead atoms. The number of nitrogens with one attached hydrogen (secondary N) is 1. The lowest BCUT2D eigenvalue weighted by Crippen LogP contribution is -2.19. The van der Waals surface area contributed by atoms with Crippen LogP contribution in [0.1, 0.15) is 17.3 Å². The lowest BCUT2D eigenvalue weighted by molar-refractivity contribution is 0.385. The van der Waals surface area contributed by atoms with Crippen LogP contribution in [0.4, 0.5) is 4.39 Å². The van der Waals surface area contributed by atoms with Crippen LogP contribution >= 0.6 is 0 Å². The van der Waals surface area contributed by atoms with Crippen molar-refractivity contribution in [3.63, 3.8) is 0 Å². The molecule has 0 aliphatic rings. The van der Waals surface area contributed by atoms with E-state index in [1.807, 2.05) is 7.05 Å². The summed E-state index contributed by atoms with van der Waals surface area (Å²) in [6, 6.07) is 4.60. The SMILES string of the molecule is CNC(c1ccc(F)c(OC)c1)c1cnccn1. The number of hydrogen-bond donors (Lipinski definition) is 1. The first-order valence-corrected chi connectivity index (χ1v) is 5.53. The van der Waals surface area contributed by atoms with E-state index in [9.17, 15) is 4.39 Å². The molecule has 1 heterocycles. The van der Waals surface area contributed by atoms with Crippen LogP contribution in [0.3, 0.4) is 0 Å². The summed E-state index contributed by atoms with van der Waals surface area (Å²) in [4.78, 5) is 8.28. The third kappa shape index (κ3) is 2.46. The Morgan fingerprint density at radius 2 is 2.17 bits per heavy atom. The van der Waals surface area contributed by atoms with E-state index >= 15 is 0 Å². The first-order valence-electron chi connectivity index (χ1n) is 5.53. The molecule has 0 aliphatic carbocycles. The van der Waals surface area contributed by atoms with Crippen molar-refractivity contribution < 1.29 is 9.13 Å². The van der Waals surface area contributed by atoms with E-state index < -0.39 is 0 Å². The number of benzene rings is 1. The van der Waals surface area contributed by atoms with Crippen LogP contribution < -0.4 is 10.1 Å². The lowest BCUT2D eigenvalue weighted by atomic mass is 10.0. The summed E-state index contributed by atoms with van der Waals surface area (Å²) in [6.45, 7) is 0. The van der Waals surface area contributed by atoms with Gasteiger partial charge in [-0.15, -0.1) is 0 Å². The number of hydrogen-bond acceptors (Lipinski definition) is 4. The Kier molecular flexibility index (Phi) is 3.84. The molecule has 1 aromatic heterocycles. The Hall–Kier alpha value is -2.01. The van der Waals surface area contributed by atoms with Crippen LogP contribution in [0.25, 0.3) is 0 Å². The summed E-state index contributed by atoms with van der Waals surface area (Å²) in [6.07, 6.45) is 4.92. The fraction of sp³-hybridized carbons (Fsp3) is 0.231. The van der Waals surface area contributed by atoms with Crippen LogP contribution in [-0.2, 0) is 0 Å². The van der Waals surface area contributed by atoms with Gasteiger partial charge in [0.2, 0.25) is 0 Å². The lowest BCUT2D eigenvalue weighted by Gasteiger charge is -2.16. The zero-order chi connectivity index (χ0) is 13.0. The number of ether oxygens (including phenoxy) is 1. The maximum atomic E-state index is 13.4. The maximum absolute atomic E-state index is 13.4. The molecule has 0 fully saturated rings. The van der Waals surface area contributed by atoms with Gasteiger partial charge in [0.25, 0.3) is 0 Å². The van der Waals surface area contributed by atoms with E-state index in [0.717, 1.165) is 11.3 Å². The Labute approximate surface area is 105 Å². The predicted octanol–water partition coefficient (Wildman–Crippen LogP) is 1.93. The van der Waals surface area contributed by atoms with Gasteiger partial charge >= 0.3 is 0 Å². The minimum Gasteiger partial charge on any atom is -0.494 e. The average Bonchev–Trinajstić information content (AvgIpc) is 2.42. The van der Waals surface area contributed by atoms with Crippen LogP contribution in [0, 0.1) is 5.82 Å². The van der Waals surface area contributed by atoms with E-state index in [0.29, 0.717) is 0 Å². The molecule has 1 atom stereocenters. The van der Waals surface area contributed by atoms with Gasteiger partial charge in [-0.1, -0.05) is 6.07 Å². The van der Waals surface area contributed by atoms with E-state index in [1.54, 1.807) is 30.7 Å². The molecule has 2 rings (SSSR count). The van der Waals surface area contributed by atoms with Crippen molar-refractivity contribution >= 4 is 0 Å². The highest BCUT2D eigenvalue weighted by atomic mass is 19.1. The number of rotatable bonds is 4. The summed E-state index contributed by atoms with van der Waals surface area (Å²) in [7, 11) is 3.26. The predicted molar refractivity (Wildman–Crippen MR) is 65.9 cm³/mol. The van der Waals surface area contributed by atoms with Crippen molar-refractivity contribution in [1.82, 2.24) is 15.3 Å². The van der Waals surface area contributed by atoms with Gasteiger partial charge in [-0.05, 0) is 24.7 Å². The van der Waals surface area contributed by atoms with E-state index in [2.05, 4.69) is 15.3 Å². The smallest absolute Gasteiger partial charge is 0.165 e. The molecule has 1 aromatic carbocycles. The van der Waals surface area contributed by atoms with Gasteiger partial charge in [0, 0.05) is 12.4 Å². The second-order valence-electron chi connectivity index (χ2n) is 3.75. The Balaban J connectivity index is 2.39. The zero-order valence-corrected chi connectivity index (χ0v) is 10.2. The first kappa shape index (κ1) is 12.4. The molecular weight excluding hydrogens is 233 g/mol. The Morgan fingerprint density at radius 1 is 1.33 bits per heavy atom. The highest BCUT2D eigenvalue weighted by Gasteiger charge is 2.15. The molecule has 18 heavy (non-hydrogen) atoms. The normalized spacial score (nSPS) is 12.2. The van der Waals surface area contributed by atoms with Gasteiger partial charge < -0.3 is 10.1 Å². The largest absolute Gasteiger partial charge is 0.494 e. The van der Waals surface area contributed by atoms with E-state index in [4.69, 9.17) is 4.74 Å². The summed E-state index contributed by atoms with van der Waals surface area (Å²) >= 11 is 0. The summed E-state index contributed by atoms with van der Waals surface area (Å²) < 4.78 is 18.3. The minimum absolute atomic E-state index is 0.145. The van der Waals surface area contributed by atoms with Crippen molar-refractivity contribution in [2.75, 3.05) is 14.2 Å². The van der Waals surface area contributed by atoms with Crippen LogP contribution in [0.2, 0.25) is 0 Å². The number of methoxy groups -OCH3 is 1. The van der Waals surface area contributed by atoms with Crippen LogP contribution in [-0.4, -0.2) is 24.1 Å². The van der Waals surface area contributed by atoms with Crippen molar-refractivity contribution in [2.24, 2.45) is 0 Å². The number of aromatic nitrogens is 2. The molecular formula is C13H14FN3O. The van der Waals surface area contributed by atoms with Crippen LogP contribution in [0.5, 0.6) is 5.75 Å². The van der Waals surface area contributed by atoms with Crippen LogP contribution in [0.15, 0.2) is 36.8 Å². The quantitative estimate of drug-likeness (QED) is 0.896. The monoisotopic (exact) mass is 247 g/mol. The second kappa shape index (κ2) is 5.55. The molecule has 94 valence electrons. The molecule has 0 radical (unpaired) electrons. The molecule has 1 unspecified atom stereocenters. The molecule has 0 saturated carbocycles. The molecule has 2 aromatic rings. The molecule has 0 spiro atoms. The fourth-order valence-corrected chi connectivity index (χ4v) is 1.80. The summed E-state index contributed by atoms with van der Waals surface area (Å²) in [5.74, 6) is -0.160. The van der Waals surface area contributed by atoms with Gasteiger partial charge in [0.1, 0.15) is 0 Å². The topological polar surface area (TPSA) is 47.0 Å². The van der Waals surface area contributed by atoms with Crippen molar-refractivity contribution in [3.8, 4) is 5.75 Å². The third-order valence-corrected chi connectivity index (χ3v) is 2.68. The van der Waals surface area contributed by atoms with Gasteiger partial charge in [0.15, 0.2) is 11.6 Å². The number of nitrogens with zero attached hydrogens (tertiary/aromatic N) is 2. The number of halogens is 1. The van der Waals surface area contributed by atoms with Crippen molar-refractivity contribution in [1.29, 1.82) is 0 Å². The van der Waals surface area contributed by atoms with E-state index in [-0.39, 0.29) is 17.6 Å². The minimum atomic E-state index is -0.379. The second-order valence-corrected chi connectivity index (χ2v) is 3.75. The zero-order valence-electron chi connectivity index (χ0n) is 10.2. The molecule has 4 nitrogen and oxygen atoms in total. The van der Waals surface area contributed by atoms with Gasteiger partial charge in [-0.2, -0.15) is 0 Å². The first-order chi connectivity index (χ1) is 8.76. The highest BCUT2D eigenvalue weighted by Crippen LogP contribution is 2.25. The highest BCUT2D eigenvalue weighted by molar-refractivity contribution is 5.35. The summed E-state index contributed by atoms with van der Waals surface area (Å²) in [5.41, 5.74) is 1.64. The molecule has 5 heteroatoms. The molecule has 0 saturated heterocycles. The van der Waals surface area contributed by atoms with Gasteiger partial charge in [-0.3, -0.25) is 9.97 Å².